The minimum absolute atomic E-state index is 0.000890. The Balaban J connectivity index is 1.54. The van der Waals surface area contributed by atoms with E-state index in [2.05, 4.69) is 9.97 Å². The summed E-state index contributed by atoms with van der Waals surface area (Å²) < 4.78 is 11.0. The van der Waals surface area contributed by atoms with Crippen LogP contribution in [-0.2, 0) is 9.59 Å². The average molecular weight is 362 g/mol. The van der Waals surface area contributed by atoms with Crippen LogP contribution in [0.2, 0.25) is 0 Å². The lowest BCUT2D eigenvalue weighted by Crippen LogP contribution is -2.49. The topological polar surface area (TPSA) is 84.9 Å². The lowest BCUT2D eigenvalue weighted by atomic mass is 9.94. The third-order valence-electron chi connectivity index (χ3n) is 5.07. The fourth-order valence-corrected chi connectivity index (χ4v) is 3.59. The van der Waals surface area contributed by atoms with Crippen molar-refractivity contribution in [2.75, 3.05) is 33.3 Å². The molecule has 142 valence electrons. The van der Waals surface area contributed by atoms with Crippen molar-refractivity contribution in [1.82, 2.24) is 19.8 Å². The molecule has 0 bridgehead atoms. The first-order valence-electron chi connectivity index (χ1n) is 9.14. The van der Waals surface area contributed by atoms with E-state index in [1.54, 1.807) is 13.1 Å². The van der Waals surface area contributed by atoms with Crippen LogP contribution in [0.3, 0.4) is 0 Å². The van der Waals surface area contributed by atoms with E-state index in [1.807, 2.05) is 9.80 Å². The number of hydrogen-bond donors (Lipinski definition) is 0. The van der Waals surface area contributed by atoms with Crippen LogP contribution >= 0.6 is 0 Å². The van der Waals surface area contributed by atoms with Crippen molar-refractivity contribution in [1.29, 1.82) is 0 Å². The van der Waals surface area contributed by atoms with Crippen LogP contribution in [0.25, 0.3) is 0 Å². The van der Waals surface area contributed by atoms with Gasteiger partial charge in [-0.25, -0.2) is 0 Å². The van der Waals surface area contributed by atoms with Crippen molar-refractivity contribution in [2.45, 2.75) is 38.7 Å². The van der Waals surface area contributed by atoms with Gasteiger partial charge in [0, 0.05) is 32.5 Å². The summed E-state index contributed by atoms with van der Waals surface area (Å²) in [6.45, 7) is 4.23. The van der Waals surface area contributed by atoms with Crippen molar-refractivity contribution in [3.05, 3.63) is 12.4 Å². The molecule has 2 saturated heterocycles. The Kier molecular flexibility index (Phi) is 5.90. The first-order valence-corrected chi connectivity index (χ1v) is 9.14. The zero-order valence-electron chi connectivity index (χ0n) is 15.4. The third kappa shape index (κ3) is 4.42. The number of piperidine rings is 2. The van der Waals surface area contributed by atoms with Gasteiger partial charge >= 0.3 is 0 Å². The normalized spacial score (nSPS) is 21.4. The number of methoxy groups -OCH3 is 1. The predicted molar refractivity (Wildman–Crippen MR) is 93.8 cm³/mol. The van der Waals surface area contributed by atoms with E-state index in [0.29, 0.717) is 31.4 Å². The van der Waals surface area contributed by atoms with E-state index in [9.17, 15) is 9.59 Å². The first kappa shape index (κ1) is 18.4. The van der Waals surface area contributed by atoms with Crippen molar-refractivity contribution in [3.8, 4) is 11.8 Å². The van der Waals surface area contributed by atoms with Gasteiger partial charge in [-0.1, -0.05) is 0 Å². The van der Waals surface area contributed by atoms with E-state index in [1.165, 1.54) is 13.3 Å². The number of likely N-dealkylation sites (tertiary alicyclic amines) is 2. The van der Waals surface area contributed by atoms with Crippen LogP contribution in [0, 0.1) is 5.92 Å². The summed E-state index contributed by atoms with van der Waals surface area (Å²) in [5.41, 5.74) is 0. The van der Waals surface area contributed by atoms with Crippen molar-refractivity contribution < 1.29 is 19.1 Å². The van der Waals surface area contributed by atoms with Crippen molar-refractivity contribution >= 4 is 11.8 Å². The van der Waals surface area contributed by atoms with E-state index in [-0.39, 0.29) is 23.8 Å². The quantitative estimate of drug-likeness (QED) is 0.798. The number of nitrogens with zero attached hydrogens (tertiary/aromatic N) is 4. The standard InChI is InChI=1S/C18H26N4O4/c1-13(23)21-8-5-14(6-9-21)18(24)22-7-3-4-15(12-22)26-17-11-19-10-16(20-17)25-2/h10-11,14-15H,3-9,12H2,1-2H3. The highest BCUT2D eigenvalue weighted by Crippen LogP contribution is 2.23. The molecule has 1 aromatic heterocycles. The molecule has 0 aromatic carbocycles. The van der Waals surface area contributed by atoms with Crippen LogP contribution < -0.4 is 9.47 Å². The maximum Gasteiger partial charge on any atom is 0.235 e. The number of hydrogen-bond acceptors (Lipinski definition) is 6. The number of carbonyl (C=O) groups excluding carboxylic acids is 2. The summed E-state index contributed by atoms with van der Waals surface area (Å²) >= 11 is 0. The largest absolute Gasteiger partial charge is 0.480 e. The van der Waals surface area contributed by atoms with E-state index >= 15 is 0 Å². The molecular weight excluding hydrogens is 336 g/mol. The van der Waals surface area contributed by atoms with Gasteiger partial charge in [-0.15, -0.1) is 0 Å². The molecule has 1 atom stereocenters. The number of aromatic nitrogens is 2. The fraction of sp³-hybridized carbons (Fsp3) is 0.667. The Morgan fingerprint density at radius 1 is 1.08 bits per heavy atom. The fourth-order valence-electron chi connectivity index (χ4n) is 3.59. The highest BCUT2D eigenvalue weighted by atomic mass is 16.5. The van der Waals surface area contributed by atoms with Crippen LogP contribution in [0.1, 0.15) is 32.6 Å². The minimum atomic E-state index is -0.0913. The van der Waals surface area contributed by atoms with E-state index < -0.39 is 0 Å². The van der Waals surface area contributed by atoms with Gasteiger partial charge in [0.05, 0.1) is 26.0 Å². The van der Waals surface area contributed by atoms with Crippen LogP contribution in [-0.4, -0.2) is 71.0 Å². The zero-order valence-corrected chi connectivity index (χ0v) is 15.4. The second-order valence-corrected chi connectivity index (χ2v) is 6.85. The molecule has 1 unspecified atom stereocenters. The molecule has 8 heteroatoms. The van der Waals surface area contributed by atoms with Gasteiger partial charge in [-0.3, -0.25) is 14.6 Å². The maximum atomic E-state index is 12.8. The lowest BCUT2D eigenvalue weighted by molar-refractivity contribution is -0.142. The first-order chi connectivity index (χ1) is 12.6. The molecule has 1 aromatic rings. The Morgan fingerprint density at radius 2 is 1.81 bits per heavy atom. The van der Waals surface area contributed by atoms with Crippen molar-refractivity contribution in [3.63, 3.8) is 0 Å². The van der Waals surface area contributed by atoms with Gasteiger partial charge in [-0.2, -0.15) is 4.98 Å². The molecule has 0 N–H and O–H groups in total. The number of amides is 2. The average Bonchev–Trinajstić information content (AvgIpc) is 2.68. The molecule has 0 radical (unpaired) electrons. The molecule has 8 nitrogen and oxygen atoms in total. The predicted octanol–water partition coefficient (Wildman–Crippen LogP) is 1.11. The molecule has 2 amide bonds. The molecular formula is C18H26N4O4. The van der Waals surface area contributed by atoms with Gasteiger partial charge < -0.3 is 19.3 Å². The lowest BCUT2D eigenvalue weighted by Gasteiger charge is -2.37. The van der Waals surface area contributed by atoms with E-state index in [4.69, 9.17) is 9.47 Å². The highest BCUT2D eigenvalue weighted by molar-refractivity contribution is 5.80. The van der Waals surface area contributed by atoms with Gasteiger partial charge in [-0.05, 0) is 25.7 Å². The maximum absolute atomic E-state index is 12.8. The Hall–Kier alpha value is -2.38. The summed E-state index contributed by atoms with van der Waals surface area (Å²) in [5, 5.41) is 0. The Labute approximate surface area is 153 Å². The smallest absolute Gasteiger partial charge is 0.235 e. The third-order valence-corrected chi connectivity index (χ3v) is 5.07. The Morgan fingerprint density at radius 3 is 2.50 bits per heavy atom. The second kappa shape index (κ2) is 8.33. The summed E-state index contributed by atoms with van der Waals surface area (Å²) in [6, 6.07) is 0. The Bertz CT molecular complexity index is 646. The zero-order chi connectivity index (χ0) is 18.5. The molecule has 3 heterocycles. The number of carbonyl (C=O) groups is 2. The number of rotatable bonds is 4. The monoisotopic (exact) mass is 362 g/mol. The van der Waals surface area contributed by atoms with Gasteiger partial charge in [0.25, 0.3) is 0 Å². The summed E-state index contributed by atoms with van der Waals surface area (Å²) in [5.74, 6) is 1.09. The van der Waals surface area contributed by atoms with Crippen LogP contribution in [0.15, 0.2) is 12.4 Å². The molecule has 0 spiro atoms. The van der Waals surface area contributed by atoms with Crippen molar-refractivity contribution in [2.24, 2.45) is 5.92 Å². The molecule has 3 rings (SSSR count). The summed E-state index contributed by atoms with van der Waals surface area (Å²) in [6.07, 6.45) is 6.25. The minimum Gasteiger partial charge on any atom is -0.480 e. The number of ether oxygens (including phenoxy) is 2. The van der Waals surface area contributed by atoms with Gasteiger partial charge in [0.15, 0.2) is 0 Å². The van der Waals surface area contributed by atoms with Crippen LogP contribution in [0.5, 0.6) is 11.8 Å². The summed E-state index contributed by atoms with van der Waals surface area (Å²) in [4.78, 5) is 36.3. The van der Waals surface area contributed by atoms with Gasteiger partial charge in [0.2, 0.25) is 23.6 Å². The van der Waals surface area contributed by atoms with E-state index in [0.717, 1.165) is 32.2 Å². The second-order valence-electron chi connectivity index (χ2n) is 6.85. The SMILES string of the molecule is COc1cncc(OC2CCCN(C(=O)C3CCN(C(C)=O)CC3)C2)n1. The highest BCUT2D eigenvalue weighted by Gasteiger charge is 2.32. The molecule has 2 fully saturated rings. The molecule has 0 aliphatic carbocycles. The molecule has 26 heavy (non-hydrogen) atoms. The van der Waals surface area contributed by atoms with Gasteiger partial charge in [0.1, 0.15) is 6.10 Å². The molecule has 2 aliphatic rings. The molecule has 2 aliphatic heterocycles. The molecule has 0 saturated carbocycles. The summed E-state index contributed by atoms with van der Waals surface area (Å²) in [7, 11) is 1.53. The van der Waals surface area contributed by atoms with Crippen LogP contribution in [0.4, 0.5) is 0 Å².